The van der Waals surface area contributed by atoms with Gasteiger partial charge in [0.25, 0.3) is 0 Å². The zero-order chi connectivity index (χ0) is 30.5. The summed E-state index contributed by atoms with van der Waals surface area (Å²) in [6, 6.07) is 15.8. The van der Waals surface area contributed by atoms with E-state index in [0.717, 1.165) is 16.7 Å². The molecule has 0 radical (unpaired) electrons. The second-order valence-corrected chi connectivity index (χ2v) is 12.8. The first-order chi connectivity index (χ1) is 20.0. The van der Waals surface area contributed by atoms with Crippen LogP contribution in [0.15, 0.2) is 65.6 Å². The van der Waals surface area contributed by atoms with Gasteiger partial charge in [0.05, 0.1) is 24.7 Å². The maximum absolute atomic E-state index is 13.1. The van der Waals surface area contributed by atoms with Gasteiger partial charge in [0, 0.05) is 28.4 Å². The number of carboxylic acids is 1. The topological polar surface area (TPSA) is 131 Å². The van der Waals surface area contributed by atoms with E-state index in [0.29, 0.717) is 37.2 Å². The Morgan fingerprint density at radius 2 is 1.57 bits per heavy atom. The van der Waals surface area contributed by atoms with Crippen molar-refractivity contribution in [1.82, 2.24) is 10.0 Å². The fourth-order valence-corrected chi connectivity index (χ4v) is 6.63. The van der Waals surface area contributed by atoms with Crippen molar-refractivity contribution in [3.8, 4) is 22.6 Å². The molecular weight excluding hydrogens is 603 g/mol. The standard InChI is InChI=1S/C30H32Cl2N2O7S/c1-40-25-5-3-6-26(41-2)27(25)20-9-7-19(8-10-20)15-24(28(35)36)34-29(37)30(12-13-30)11-4-14-33-42(38,39)23-17-21(31)16-22(32)18-23/h3,5-10,16-18,24,33H,4,11-15H2,1-2H3,(H,34,37)(H,35,36)/t24-/m0/s1. The van der Waals surface area contributed by atoms with Crippen LogP contribution in [0.4, 0.5) is 0 Å². The maximum Gasteiger partial charge on any atom is 0.326 e. The summed E-state index contributed by atoms with van der Waals surface area (Å²) in [6.45, 7) is 0.104. The molecule has 4 rings (SSSR count). The van der Waals surface area contributed by atoms with Crippen molar-refractivity contribution in [2.75, 3.05) is 20.8 Å². The maximum atomic E-state index is 13.1. The minimum absolute atomic E-state index is 0.0433. The van der Waals surface area contributed by atoms with Crippen LogP contribution in [0.25, 0.3) is 11.1 Å². The number of sulfonamides is 1. The van der Waals surface area contributed by atoms with Gasteiger partial charge in [-0.3, -0.25) is 4.79 Å². The van der Waals surface area contributed by atoms with Crippen LogP contribution in [-0.4, -0.2) is 52.2 Å². The van der Waals surface area contributed by atoms with Crippen LogP contribution in [-0.2, 0) is 26.0 Å². The van der Waals surface area contributed by atoms with E-state index in [1.54, 1.807) is 14.2 Å². The number of amides is 1. The highest BCUT2D eigenvalue weighted by atomic mass is 35.5. The number of carboxylic acid groups (broad SMARTS) is 1. The minimum atomic E-state index is -3.83. The van der Waals surface area contributed by atoms with E-state index in [-0.39, 0.29) is 33.8 Å². The number of methoxy groups -OCH3 is 2. The summed E-state index contributed by atoms with van der Waals surface area (Å²) in [5.41, 5.74) is 1.66. The lowest BCUT2D eigenvalue weighted by Gasteiger charge is -2.20. The lowest BCUT2D eigenvalue weighted by Crippen LogP contribution is -2.45. The summed E-state index contributed by atoms with van der Waals surface area (Å²) >= 11 is 11.8. The van der Waals surface area contributed by atoms with E-state index in [1.165, 1.54) is 18.2 Å². The van der Waals surface area contributed by atoms with Gasteiger partial charge in [-0.15, -0.1) is 0 Å². The van der Waals surface area contributed by atoms with E-state index in [1.807, 2.05) is 42.5 Å². The molecule has 9 nitrogen and oxygen atoms in total. The molecule has 3 N–H and O–H groups in total. The quantitative estimate of drug-likeness (QED) is 0.204. The van der Waals surface area contributed by atoms with Crippen molar-refractivity contribution < 1.29 is 32.6 Å². The van der Waals surface area contributed by atoms with Gasteiger partial charge in [-0.25, -0.2) is 17.9 Å². The summed E-state index contributed by atoms with van der Waals surface area (Å²) in [4.78, 5) is 25.1. The van der Waals surface area contributed by atoms with Crippen LogP contribution in [0.2, 0.25) is 10.0 Å². The van der Waals surface area contributed by atoms with Crippen molar-refractivity contribution in [3.05, 3.63) is 76.3 Å². The molecular formula is C30H32Cl2N2O7S. The molecule has 3 aromatic carbocycles. The molecule has 1 aliphatic carbocycles. The van der Waals surface area contributed by atoms with Crippen LogP contribution in [0, 0.1) is 5.41 Å². The number of hydrogen-bond acceptors (Lipinski definition) is 6. The van der Waals surface area contributed by atoms with E-state index in [9.17, 15) is 23.1 Å². The Kier molecular flexibility index (Phi) is 10.0. The molecule has 1 fully saturated rings. The zero-order valence-electron chi connectivity index (χ0n) is 23.2. The predicted octanol–water partition coefficient (Wildman–Crippen LogP) is 5.33. The Morgan fingerprint density at radius 1 is 0.976 bits per heavy atom. The molecule has 0 saturated heterocycles. The van der Waals surface area contributed by atoms with Crippen molar-refractivity contribution in [1.29, 1.82) is 0 Å². The summed E-state index contributed by atoms with van der Waals surface area (Å²) in [7, 11) is -0.670. The van der Waals surface area contributed by atoms with Gasteiger partial charge < -0.3 is 19.9 Å². The molecule has 1 aliphatic rings. The second kappa shape index (κ2) is 13.3. The molecule has 1 saturated carbocycles. The number of nitrogens with one attached hydrogen (secondary N) is 2. The van der Waals surface area contributed by atoms with Crippen LogP contribution < -0.4 is 19.5 Å². The Hall–Kier alpha value is -3.31. The third kappa shape index (κ3) is 7.55. The molecule has 0 heterocycles. The van der Waals surface area contributed by atoms with E-state index >= 15 is 0 Å². The van der Waals surface area contributed by atoms with Gasteiger partial charge in [0.1, 0.15) is 17.5 Å². The lowest BCUT2D eigenvalue weighted by molar-refractivity contribution is -0.142. The Morgan fingerprint density at radius 3 is 2.10 bits per heavy atom. The average Bonchev–Trinajstić information content (AvgIpc) is 3.75. The summed E-state index contributed by atoms with van der Waals surface area (Å²) < 4.78 is 38.6. The molecule has 224 valence electrons. The second-order valence-electron chi connectivity index (χ2n) is 10.2. The molecule has 0 unspecified atom stereocenters. The number of carbonyl (C=O) groups is 2. The molecule has 1 atom stereocenters. The Labute approximate surface area is 255 Å². The highest BCUT2D eigenvalue weighted by Crippen LogP contribution is 2.50. The van der Waals surface area contributed by atoms with Crippen molar-refractivity contribution in [2.45, 2.75) is 43.0 Å². The number of aliphatic carboxylic acids is 1. The summed E-state index contributed by atoms with van der Waals surface area (Å²) in [6.07, 6.45) is 2.13. The highest BCUT2D eigenvalue weighted by Gasteiger charge is 2.49. The third-order valence-electron chi connectivity index (χ3n) is 7.32. The number of ether oxygens (including phenoxy) is 2. The van der Waals surface area contributed by atoms with Gasteiger partial charge in [0.2, 0.25) is 15.9 Å². The van der Waals surface area contributed by atoms with Gasteiger partial charge in [-0.05, 0) is 67.1 Å². The van der Waals surface area contributed by atoms with E-state index < -0.39 is 27.4 Å². The Bertz CT molecular complexity index is 1520. The van der Waals surface area contributed by atoms with E-state index in [4.69, 9.17) is 32.7 Å². The molecule has 12 heteroatoms. The van der Waals surface area contributed by atoms with Crippen molar-refractivity contribution in [3.63, 3.8) is 0 Å². The number of halogens is 2. The van der Waals surface area contributed by atoms with Gasteiger partial charge in [0.15, 0.2) is 0 Å². The van der Waals surface area contributed by atoms with Crippen LogP contribution in [0.3, 0.4) is 0 Å². The fraction of sp³-hybridized carbons (Fsp3) is 0.333. The minimum Gasteiger partial charge on any atom is -0.496 e. The van der Waals surface area contributed by atoms with Gasteiger partial charge in [-0.1, -0.05) is 53.5 Å². The largest absolute Gasteiger partial charge is 0.496 e. The van der Waals surface area contributed by atoms with Crippen LogP contribution >= 0.6 is 23.2 Å². The van der Waals surface area contributed by atoms with Gasteiger partial charge in [-0.2, -0.15) is 0 Å². The first kappa shape index (κ1) is 31.6. The number of rotatable bonds is 14. The Balaban J connectivity index is 1.34. The summed E-state index contributed by atoms with van der Waals surface area (Å²) in [5, 5.41) is 13.0. The van der Waals surface area contributed by atoms with E-state index in [2.05, 4.69) is 10.0 Å². The first-order valence-electron chi connectivity index (χ1n) is 13.3. The first-order valence-corrected chi connectivity index (χ1v) is 15.5. The SMILES string of the molecule is COc1cccc(OC)c1-c1ccc(C[C@H](NC(=O)C2(CCCNS(=O)(=O)c3cc(Cl)cc(Cl)c3)CC2)C(=O)O)cc1. The molecule has 1 amide bonds. The molecule has 0 aromatic heterocycles. The fourth-order valence-electron chi connectivity index (χ4n) is 4.83. The molecule has 0 spiro atoms. The van der Waals surface area contributed by atoms with Crippen LogP contribution in [0.5, 0.6) is 11.5 Å². The number of carbonyl (C=O) groups excluding carboxylic acids is 1. The number of benzene rings is 3. The smallest absolute Gasteiger partial charge is 0.326 e. The van der Waals surface area contributed by atoms with Crippen molar-refractivity contribution >= 4 is 45.1 Å². The van der Waals surface area contributed by atoms with Crippen molar-refractivity contribution in [2.24, 2.45) is 5.41 Å². The predicted molar refractivity (Wildman–Crippen MR) is 161 cm³/mol. The normalized spacial score (nSPS) is 14.6. The third-order valence-corrected chi connectivity index (χ3v) is 9.20. The molecule has 0 aliphatic heterocycles. The summed E-state index contributed by atoms with van der Waals surface area (Å²) in [5.74, 6) is -0.180. The van der Waals surface area contributed by atoms with Crippen LogP contribution in [0.1, 0.15) is 31.2 Å². The number of hydrogen-bond donors (Lipinski definition) is 3. The molecule has 0 bridgehead atoms. The molecule has 3 aromatic rings. The molecule has 42 heavy (non-hydrogen) atoms. The average molecular weight is 636 g/mol. The lowest BCUT2D eigenvalue weighted by atomic mass is 9.97. The zero-order valence-corrected chi connectivity index (χ0v) is 25.5. The highest BCUT2D eigenvalue weighted by molar-refractivity contribution is 7.89. The monoisotopic (exact) mass is 634 g/mol. The van der Waals surface area contributed by atoms with Gasteiger partial charge >= 0.3 is 5.97 Å².